The Kier molecular flexibility index (Phi) is 9.29. The number of allylic oxidation sites excluding steroid dienone is 1. The maximum atomic E-state index is 13.9. The molecule has 16 heteroatoms. The summed E-state index contributed by atoms with van der Waals surface area (Å²) in [6, 6.07) is -1.85. The SMILES string of the molecule is C=CCOC(=O)c1cc(OC(F)=C(F)C(F)(F)C(F)(F)C(F)(F)C(F)(F)F)cc(C(=O)OCC=C)c1. The minimum atomic E-state index is -7.51. The number of carbonyl (C=O) groups excluding carboxylic acids is 2. The van der Waals surface area contributed by atoms with E-state index in [0.717, 1.165) is 18.2 Å². The lowest BCUT2D eigenvalue weighted by molar-refractivity contribution is -0.392. The van der Waals surface area contributed by atoms with E-state index < -0.39 is 77.8 Å². The van der Waals surface area contributed by atoms with Crippen LogP contribution in [-0.2, 0) is 9.47 Å². The van der Waals surface area contributed by atoms with Crippen LogP contribution in [0.3, 0.4) is 0 Å². The molecule has 0 aliphatic carbocycles. The van der Waals surface area contributed by atoms with Gasteiger partial charge in [0.1, 0.15) is 19.0 Å². The van der Waals surface area contributed by atoms with Gasteiger partial charge in [-0.1, -0.05) is 25.3 Å². The molecule has 5 nitrogen and oxygen atoms in total. The van der Waals surface area contributed by atoms with Gasteiger partial charge in [-0.3, -0.25) is 0 Å². The third-order valence-electron chi connectivity index (χ3n) is 3.84. The van der Waals surface area contributed by atoms with Crippen LogP contribution >= 0.6 is 0 Å². The number of carbonyl (C=O) groups is 2. The molecular formula is C20H13F11O5. The van der Waals surface area contributed by atoms with Crippen LogP contribution in [0.25, 0.3) is 0 Å². The summed E-state index contributed by atoms with van der Waals surface area (Å²) >= 11 is 0. The number of rotatable bonds is 11. The zero-order valence-electron chi connectivity index (χ0n) is 17.4. The van der Waals surface area contributed by atoms with Gasteiger partial charge in [-0.15, -0.1) is 0 Å². The van der Waals surface area contributed by atoms with Crippen molar-refractivity contribution < 1.29 is 72.1 Å². The van der Waals surface area contributed by atoms with E-state index in [-0.39, 0.29) is 0 Å². The molecule has 36 heavy (non-hydrogen) atoms. The minimum absolute atomic E-state index is 0.406. The van der Waals surface area contributed by atoms with Gasteiger partial charge in [0.15, 0.2) is 0 Å². The number of benzene rings is 1. The monoisotopic (exact) mass is 542 g/mol. The van der Waals surface area contributed by atoms with Crippen molar-refractivity contribution in [3.63, 3.8) is 0 Å². The maximum absolute atomic E-state index is 13.9. The number of alkyl halides is 9. The average molecular weight is 542 g/mol. The summed E-state index contributed by atoms with van der Waals surface area (Å²) in [5.74, 6) is -30.1. The molecule has 0 aliphatic rings. The predicted molar refractivity (Wildman–Crippen MR) is 98.2 cm³/mol. The van der Waals surface area contributed by atoms with Crippen LogP contribution in [0, 0.1) is 0 Å². The Morgan fingerprint density at radius 2 is 1.17 bits per heavy atom. The van der Waals surface area contributed by atoms with Crippen molar-refractivity contribution in [2.45, 2.75) is 23.9 Å². The summed E-state index contributed by atoms with van der Waals surface area (Å²) < 4.78 is 157. The van der Waals surface area contributed by atoms with Crippen LogP contribution in [0.4, 0.5) is 48.3 Å². The summed E-state index contributed by atoms with van der Waals surface area (Å²) in [5, 5.41) is 0. The van der Waals surface area contributed by atoms with Crippen LogP contribution in [0.5, 0.6) is 5.75 Å². The van der Waals surface area contributed by atoms with Gasteiger partial charge in [0.25, 0.3) is 0 Å². The number of hydrogen-bond acceptors (Lipinski definition) is 5. The van der Waals surface area contributed by atoms with E-state index in [1.165, 1.54) is 0 Å². The van der Waals surface area contributed by atoms with E-state index in [1.54, 1.807) is 0 Å². The van der Waals surface area contributed by atoms with E-state index in [0.29, 0.717) is 12.1 Å². The lowest BCUT2D eigenvalue weighted by Gasteiger charge is -2.32. The first-order valence-corrected chi connectivity index (χ1v) is 9.00. The van der Waals surface area contributed by atoms with E-state index in [2.05, 4.69) is 27.4 Å². The van der Waals surface area contributed by atoms with Crippen molar-refractivity contribution >= 4 is 11.9 Å². The standard InChI is InChI=1S/C20H13F11O5/c1-3-5-34-15(32)10-7-11(16(33)35-6-4-2)9-12(8-10)36-14(22)13(21)17(23,24)18(25,26)19(27,28)20(29,30)31/h3-4,7-9H,1-2,5-6H2. The third kappa shape index (κ3) is 6.15. The summed E-state index contributed by atoms with van der Waals surface area (Å²) in [6.45, 7) is 5.60. The molecule has 0 unspecified atom stereocenters. The highest BCUT2D eigenvalue weighted by molar-refractivity contribution is 5.96. The van der Waals surface area contributed by atoms with E-state index in [9.17, 15) is 57.9 Å². The number of esters is 2. The average Bonchev–Trinajstić information content (AvgIpc) is 2.78. The van der Waals surface area contributed by atoms with Crippen molar-refractivity contribution in [1.82, 2.24) is 0 Å². The summed E-state index contributed by atoms with van der Waals surface area (Å²) in [4.78, 5) is 24.0. The second kappa shape index (κ2) is 11.0. The lowest BCUT2D eigenvalue weighted by Crippen LogP contribution is -2.61. The van der Waals surface area contributed by atoms with Crippen LogP contribution in [0.2, 0.25) is 0 Å². The molecule has 0 radical (unpaired) electrons. The first kappa shape index (κ1) is 30.4. The fourth-order valence-corrected chi connectivity index (χ4v) is 2.11. The van der Waals surface area contributed by atoms with Crippen LogP contribution in [0.15, 0.2) is 55.3 Å². The number of ether oxygens (including phenoxy) is 3. The normalized spacial score (nSPS) is 13.4. The molecule has 200 valence electrons. The molecule has 0 N–H and O–H groups in total. The van der Waals surface area contributed by atoms with Crippen LogP contribution in [-0.4, -0.2) is 49.1 Å². The molecule has 0 amide bonds. The van der Waals surface area contributed by atoms with Crippen molar-refractivity contribution in [2.75, 3.05) is 13.2 Å². The van der Waals surface area contributed by atoms with Crippen molar-refractivity contribution in [3.8, 4) is 5.75 Å². The smallest absolute Gasteiger partial charge is 0.458 e. The fourth-order valence-electron chi connectivity index (χ4n) is 2.11. The van der Waals surface area contributed by atoms with Gasteiger partial charge in [0.2, 0.25) is 5.83 Å². The number of halogens is 11. The third-order valence-corrected chi connectivity index (χ3v) is 3.84. The van der Waals surface area contributed by atoms with Gasteiger partial charge in [0, 0.05) is 0 Å². The van der Waals surface area contributed by atoms with Crippen molar-refractivity contribution in [1.29, 1.82) is 0 Å². The van der Waals surface area contributed by atoms with Gasteiger partial charge in [-0.2, -0.15) is 48.3 Å². The molecule has 0 aromatic heterocycles. The zero-order valence-corrected chi connectivity index (χ0v) is 17.4. The molecule has 1 rings (SSSR count). The Bertz CT molecular complexity index is 1000. The lowest BCUT2D eigenvalue weighted by atomic mass is 10.0. The summed E-state index contributed by atoms with van der Waals surface area (Å²) in [7, 11) is 0. The van der Waals surface area contributed by atoms with Gasteiger partial charge < -0.3 is 14.2 Å². The molecule has 0 bridgehead atoms. The summed E-state index contributed by atoms with van der Waals surface area (Å²) in [5.41, 5.74) is -1.40. The molecule has 0 atom stereocenters. The Labute approximate surface area is 194 Å². The first-order chi connectivity index (χ1) is 16.3. The second-order valence-electron chi connectivity index (χ2n) is 6.43. The molecule has 0 saturated heterocycles. The van der Waals surface area contributed by atoms with Gasteiger partial charge in [-0.25, -0.2) is 9.59 Å². The molecular weight excluding hydrogens is 529 g/mol. The Morgan fingerprint density at radius 1 is 0.750 bits per heavy atom. The Balaban J connectivity index is 3.52. The topological polar surface area (TPSA) is 61.8 Å². The fraction of sp³-hybridized carbons (Fsp3) is 0.300. The molecule has 0 aliphatic heterocycles. The largest absolute Gasteiger partial charge is 0.460 e. The van der Waals surface area contributed by atoms with Crippen molar-refractivity contribution in [3.05, 3.63) is 66.5 Å². The highest BCUT2D eigenvalue weighted by Crippen LogP contribution is 2.55. The summed E-state index contributed by atoms with van der Waals surface area (Å²) in [6.07, 6.45) is -5.12. The molecule has 0 fully saturated rings. The molecule has 0 saturated carbocycles. The molecule has 1 aromatic rings. The van der Waals surface area contributed by atoms with E-state index >= 15 is 0 Å². The highest BCUT2D eigenvalue weighted by atomic mass is 19.4. The second-order valence-corrected chi connectivity index (χ2v) is 6.43. The molecule has 0 spiro atoms. The minimum Gasteiger partial charge on any atom is -0.458 e. The maximum Gasteiger partial charge on any atom is 0.460 e. The van der Waals surface area contributed by atoms with Gasteiger partial charge >= 0.3 is 41.9 Å². The highest BCUT2D eigenvalue weighted by Gasteiger charge is 2.83. The van der Waals surface area contributed by atoms with E-state index in [4.69, 9.17) is 0 Å². The van der Waals surface area contributed by atoms with Crippen molar-refractivity contribution in [2.24, 2.45) is 0 Å². The van der Waals surface area contributed by atoms with Crippen LogP contribution in [0.1, 0.15) is 20.7 Å². The zero-order chi connectivity index (χ0) is 28.1. The Morgan fingerprint density at radius 3 is 1.53 bits per heavy atom. The van der Waals surface area contributed by atoms with E-state index in [1.807, 2.05) is 0 Å². The molecule has 0 heterocycles. The van der Waals surface area contributed by atoms with Gasteiger partial charge in [0.05, 0.1) is 11.1 Å². The quantitative estimate of drug-likeness (QED) is 0.142. The first-order valence-electron chi connectivity index (χ1n) is 9.00. The molecule has 1 aromatic carbocycles. The number of hydrogen-bond donors (Lipinski definition) is 0. The Hall–Kier alpha value is -3.59. The van der Waals surface area contributed by atoms with Crippen LogP contribution < -0.4 is 4.74 Å². The van der Waals surface area contributed by atoms with Gasteiger partial charge in [-0.05, 0) is 18.2 Å². The predicted octanol–water partition coefficient (Wildman–Crippen LogP) is 6.33.